The second-order valence-corrected chi connectivity index (χ2v) is 9.87. The van der Waals surface area contributed by atoms with Crippen molar-refractivity contribution in [1.82, 2.24) is 24.9 Å². The number of hydrogen-bond acceptors (Lipinski definition) is 7. The standard InChI is InChI=1S/C21H22FN5O4S/c1-14-19(27(25-24-14)16-5-3-15(22)4-6-16)13-31-20-8-7-17-18(23-20)9-10-26(21(17)28)11-12-32(2,29)30/h3-8H,9-13H2,1-2H3. The Kier molecular flexibility index (Phi) is 5.92. The third-order valence-electron chi connectivity index (χ3n) is 5.20. The molecule has 0 saturated carbocycles. The molecule has 0 aliphatic carbocycles. The second kappa shape index (κ2) is 8.65. The molecule has 1 amide bonds. The minimum absolute atomic E-state index is 0.0716. The van der Waals surface area contributed by atoms with E-state index in [2.05, 4.69) is 15.3 Å². The number of amides is 1. The van der Waals surface area contributed by atoms with Crippen LogP contribution in [-0.2, 0) is 22.9 Å². The molecule has 0 radical (unpaired) electrons. The van der Waals surface area contributed by atoms with Gasteiger partial charge in [-0.15, -0.1) is 5.10 Å². The molecule has 0 bridgehead atoms. The first-order valence-electron chi connectivity index (χ1n) is 9.98. The van der Waals surface area contributed by atoms with Gasteiger partial charge in [0.1, 0.15) is 28.0 Å². The number of sulfone groups is 1. The van der Waals surface area contributed by atoms with Crippen molar-refractivity contribution in [2.24, 2.45) is 0 Å². The van der Waals surface area contributed by atoms with E-state index >= 15 is 0 Å². The van der Waals surface area contributed by atoms with Crippen molar-refractivity contribution in [3.8, 4) is 11.6 Å². The molecule has 3 aromatic rings. The van der Waals surface area contributed by atoms with Crippen LogP contribution in [0.1, 0.15) is 27.4 Å². The van der Waals surface area contributed by atoms with Gasteiger partial charge in [0.25, 0.3) is 5.91 Å². The van der Waals surface area contributed by atoms with Gasteiger partial charge in [0, 0.05) is 31.8 Å². The first kappa shape index (κ1) is 21.9. The van der Waals surface area contributed by atoms with Gasteiger partial charge >= 0.3 is 0 Å². The van der Waals surface area contributed by atoms with Crippen molar-refractivity contribution >= 4 is 15.7 Å². The summed E-state index contributed by atoms with van der Waals surface area (Å²) in [6.07, 6.45) is 1.66. The highest BCUT2D eigenvalue weighted by Gasteiger charge is 2.26. The number of benzene rings is 1. The predicted octanol–water partition coefficient (Wildman–Crippen LogP) is 1.73. The van der Waals surface area contributed by atoms with Crippen LogP contribution in [0.15, 0.2) is 36.4 Å². The number of aryl methyl sites for hydroxylation is 1. The first-order valence-corrected chi connectivity index (χ1v) is 12.0. The van der Waals surface area contributed by atoms with Crippen LogP contribution in [0.3, 0.4) is 0 Å². The lowest BCUT2D eigenvalue weighted by Gasteiger charge is -2.27. The molecule has 0 fully saturated rings. The zero-order chi connectivity index (χ0) is 22.9. The third-order valence-corrected chi connectivity index (χ3v) is 6.13. The quantitative estimate of drug-likeness (QED) is 0.530. The summed E-state index contributed by atoms with van der Waals surface area (Å²) >= 11 is 0. The first-order chi connectivity index (χ1) is 15.2. The normalized spacial score (nSPS) is 13.8. The Hall–Kier alpha value is -3.34. The number of halogens is 1. The van der Waals surface area contributed by atoms with E-state index in [0.29, 0.717) is 47.2 Å². The van der Waals surface area contributed by atoms with Gasteiger partial charge in [-0.3, -0.25) is 4.79 Å². The Morgan fingerprint density at radius 2 is 1.91 bits per heavy atom. The smallest absolute Gasteiger partial charge is 0.255 e. The molecule has 0 unspecified atom stereocenters. The number of hydrogen-bond donors (Lipinski definition) is 0. The molecular weight excluding hydrogens is 437 g/mol. The highest BCUT2D eigenvalue weighted by molar-refractivity contribution is 7.90. The Bertz CT molecular complexity index is 1260. The van der Waals surface area contributed by atoms with Crippen molar-refractivity contribution in [2.75, 3.05) is 25.1 Å². The summed E-state index contributed by atoms with van der Waals surface area (Å²) in [4.78, 5) is 18.7. The SMILES string of the molecule is Cc1nnn(-c2ccc(F)cc2)c1COc1ccc2c(n1)CCN(CCS(C)(=O)=O)C2=O. The fourth-order valence-electron chi connectivity index (χ4n) is 3.42. The van der Waals surface area contributed by atoms with E-state index in [1.54, 1.807) is 35.9 Å². The van der Waals surface area contributed by atoms with E-state index in [9.17, 15) is 17.6 Å². The summed E-state index contributed by atoms with van der Waals surface area (Å²) in [5.74, 6) is -0.292. The number of fused-ring (bicyclic) bond motifs is 1. The van der Waals surface area contributed by atoms with Gasteiger partial charge in [-0.2, -0.15) is 0 Å². The highest BCUT2D eigenvalue weighted by atomic mass is 32.2. The molecule has 32 heavy (non-hydrogen) atoms. The van der Waals surface area contributed by atoms with Crippen molar-refractivity contribution in [3.63, 3.8) is 0 Å². The number of nitrogens with zero attached hydrogens (tertiary/aromatic N) is 5. The number of aromatic nitrogens is 4. The molecule has 0 N–H and O–H groups in total. The largest absolute Gasteiger partial charge is 0.471 e. The lowest BCUT2D eigenvalue weighted by atomic mass is 10.1. The monoisotopic (exact) mass is 459 g/mol. The molecule has 0 saturated heterocycles. The molecule has 1 aliphatic rings. The average molecular weight is 460 g/mol. The lowest BCUT2D eigenvalue weighted by molar-refractivity contribution is 0.0748. The molecule has 2 aromatic heterocycles. The zero-order valence-electron chi connectivity index (χ0n) is 17.7. The van der Waals surface area contributed by atoms with Crippen molar-refractivity contribution in [3.05, 3.63) is 64.9 Å². The van der Waals surface area contributed by atoms with Crippen LogP contribution in [0.2, 0.25) is 0 Å². The third kappa shape index (κ3) is 4.77. The van der Waals surface area contributed by atoms with E-state index in [4.69, 9.17) is 4.74 Å². The topological polar surface area (TPSA) is 107 Å². The molecule has 11 heteroatoms. The maximum atomic E-state index is 13.2. The predicted molar refractivity (Wildman–Crippen MR) is 114 cm³/mol. The molecule has 0 atom stereocenters. The number of pyridine rings is 1. The van der Waals surface area contributed by atoms with E-state index in [0.717, 1.165) is 6.26 Å². The van der Waals surface area contributed by atoms with Crippen LogP contribution in [0.4, 0.5) is 4.39 Å². The summed E-state index contributed by atoms with van der Waals surface area (Å²) in [6.45, 7) is 2.50. The molecular formula is C21H22FN5O4S. The molecule has 4 rings (SSSR count). The molecule has 9 nitrogen and oxygen atoms in total. The summed E-state index contributed by atoms with van der Waals surface area (Å²) in [6, 6.07) is 9.15. The van der Waals surface area contributed by atoms with E-state index < -0.39 is 9.84 Å². The Morgan fingerprint density at radius 1 is 1.16 bits per heavy atom. The van der Waals surface area contributed by atoms with E-state index in [1.807, 2.05) is 0 Å². The summed E-state index contributed by atoms with van der Waals surface area (Å²) in [5, 5.41) is 8.18. The maximum absolute atomic E-state index is 13.2. The highest BCUT2D eigenvalue weighted by Crippen LogP contribution is 2.22. The minimum Gasteiger partial charge on any atom is -0.471 e. The van der Waals surface area contributed by atoms with E-state index in [1.165, 1.54) is 17.0 Å². The van der Waals surface area contributed by atoms with Crippen LogP contribution in [-0.4, -0.2) is 64.3 Å². The fourth-order valence-corrected chi connectivity index (χ4v) is 3.98. The Balaban J connectivity index is 1.47. The van der Waals surface area contributed by atoms with Crippen molar-refractivity contribution in [2.45, 2.75) is 20.0 Å². The van der Waals surface area contributed by atoms with Gasteiger partial charge in [0.05, 0.1) is 28.4 Å². The van der Waals surface area contributed by atoms with Gasteiger partial charge in [0.2, 0.25) is 5.88 Å². The summed E-state index contributed by atoms with van der Waals surface area (Å²) in [7, 11) is -3.15. The molecule has 0 spiro atoms. The number of carbonyl (C=O) groups excluding carboxylic acids is 1. The second-order valence-electron chi connectivity index (χ2n) is 7.61. The minimum atomic E-state index is -3.15. The molecule has 1 aliphatic heterocycles. The van der Waals surface area contributed by atoms with Crippen LogP contribution in [0.5, 0.6) is 5.88 Å². The molecule has 168 valence electrons. The van der Waals surface area contributed by atoms with Gasteiger partial charge in [-0.25, -0.2) is 22.5 Å². The van der Waals surface area contributed by atoms with Gasteiger partial charge in [-0.1, -0.05) is 5.21 Å². The lowest BCUT2D eigenvalue weighted by Crippen LogP contribution is -2.40. The van der Waals surface area contributed by atoms with Crippen LogP contribution in [0, 0.1) is 12.7 Å². The summed E-state index contributed by atoms with van der Waals surface area (Å²) in [5.41, 5.74) is 3.09. The average Bonchev–Trinajstić information content (AvgIpc) is 3.12. The maximum Gasteiger partial charge on any atom is 0.255 e. The Labute approximate surface area is 184 Å². The molecule has 3 heterocycles. The van der Waals surface area contributed by atoms with Crippen LogP contribution < -0.4 is 4.74 Å². The van der Waals surface area contributed by atoms with Crippen LogP contribution >= 0.6 is 0 Å². The number of ether oxygens (including phenoxy) is 1. The Morgan fingerprint density at radius 3 is 2.62 bits per heavy atom. The zero-order valence-corrected chi connectivity index (χ0v) is 18.5. The van der Waals surface area contributed by atoms with Gasteiger partial charge < -0.3 is 9.64 Å². The number of rotatable bonds is 7. The van der Waals surface area contributed by atoms with Crippen LogP contribution in [0.25, 0.3) is 5.69 Å². The van der Waals surface area contributed by atoms with Gasteiger partial charge in [0.15, 0.2) is 0 Å². The van der Waals surface area contributed by atoms with Crippen molar-refractivity contribution < 1.29 is 22.3 Å². The van der Waals surface area contributed by atoms with E-state index in [-0.39, 0.29) is 30.6 Å². The fraction of sp³-hybridized carbons (Fsp3) is 0.333. The number of carbonyl (C=O) groups is 1. The van der Waals surface area contributed by atoms with Crippen molar-refractivity contribution in [1.29, 1.82) is 0 Å². The van der Waals surface area contributed by atoms with Gasteiger partial charge in [-0.05, 0) is 37.3 Å². The summed E-state index contributed by atoms with van der Waals surface area (Å²) < 4.78 is 43.5. The molecule has 1 aromatic carbocycles.